The average molecular weight is 113 g/mol. The Labute approximate surface area is 50.7 Å². The number of aldehydes is 1. The fraction of sp³-hybridized carbons (Fsp3) is 0.800. The van der Waals surface area contributed by atoms with Gasteiger partial charge in [0.15, 0.2) is 0 Å². The van der Waals surface area contributed by atoms with E-state index in [4.69, 9.17) is 5.64 Å². The third-order valence-electron chi connectivity index (χ3n) is 1.30. The maximum atomic E-state index is 10.1. The van der Waals surface area contributed by atoms with Crippen LogP contribution in [0, 0.1) is 5.92 Å². The van der Waals surface area contributed by atoms with Gasteiger partial charge in [0.25, 0.3) is 0 Å². The summed E-state index contributed by atoms with van der Waals surface area (Å²) in [6, 6.07) is 0. The highest BCUT2D eigenvalue weighted by atomic mass is 16.1. The molecule has 1 unspecified atom stereocenters. The molecule has 0 aliphatic carbocycles. The van der Waals surface area contributed by atoms with Gasteiger partial charge in [0.1, 0.15) is 6.29 Å². The van der Waals surface area contributed by atoms with E-state index in [1.165, 1.54) is 0 Å². The summed E-state index contributed by atoms with van der Waals surface area (Å²) in [6.45, 7) is 3.98. The van der Waals surface area contributed by atoms with E-state index in [9.17, 15) is 4.79 Å². The lowest BCUT2D eigenvalue weighted by molar-refractivity contribution is -0.108. The molecule has 2 nitrogen and oxygen atoms in total. The van der Waals surface area contributed by atoms with Crippen LogP contribution >= 0.6 is 0 Å². The second-order valence-corrected chi connectivity index (χ2v) is 2.28. The van der Waals surface area contributed by atoms with Crippen molar-refractivity contribution in [3.63, 3.8) is 0 Å². The molecular weight excluding hydrogens is 101 g/mol. The molecular formula is C5H12BNO. The molecule has 46 valence electrons. The molecule has 0 rings (SSSR count). The SMILES string of the molecule is CC(C)C(BN)C=O. The van der Waals surface area contributed by atoms with E-state index in [-0.39, 0.29) is 5.82 Å². The van der Waals surface area contributed by atoms with Crippen molar-refractivity contribution in [2.45, 2.75) is 19.7 Å². The first kappa shape index (κ1) is 7.69. The molecule has 0 saturated heterocycles. The van der Waals surface area contributed by atoms with Crippen LogP contribution < -0.4 is 5.64 Å². The van der Waals surface area contributed by atoms with Gasteiger partial charge in [-0.2, -0.15) is 0 Å². The molecule has 1 atom stereocenters. The van der Waals surface area contributed by atoms with E-state index in [0.29, 0.717) is 13.3 Å². The predicted octanol–water partition coefficient (Wildman–Crippen LogP) is -0.0600. The zero-order valence-electron chi connectivity index (χ0n) is 5.42. The van der Waals surface area contributed by atoms with Gasteiger partial charge in [-0.15, -0.1) is 0 Å². The molecule has 0 aliphatic rings. The molecule has 0 fully saturated rings. The fourth-order valence-electron chi connectivity index (χ4n) is 0.485. The standard InChI is InChI=1S/C5H12BNO/c1-4(2)5(3-8)6-7/h3-6H,7H2,1-2H3. The molecule has 0 heterocycles. The monoisotopic (exact) mass is 113 g/mol. The van der Waals surface area contributed by atoms with Crippen molar-refractivity contribution >= 4 is 13.7 Å². The molecule has 0 amide bonds. The average Bonchev–Trinajstić information content (AvgIpc) is 1.69. The summed E-state index contributed by atoms with van der Waals surface area (Å²) in [5.41, 5.74) is 5.25. The molecule has 8 heavy (non-hydrogen) atoms. The molecule has 0 aliphatic heterocycles. The molecule has 0 aromatic rings. The van der Waals surface area contributed by atoms with Gasteiger partial charge in [0, 0.05) is 5.82 Å². The summed E-state index contributed by atoms with van der Waals surface area (Å²) in [5.74, 6) is 0.437. The minimum Gasteiger partial charge on any atom is -0.372 e. The van der Waals surface area contributed by atoms with Crippen molar-refractivity contribution in [1.82, 2.24) is 0 Å². The highest BCUT2D eigenvalue weighted by Gasteiger charge is 2.09. The van der Waals surface area contributed by atoms with E-state index in [1.54, 1.807) is 0 Å². The Morgan fingerprint density at radius 1 is 1.62 bits per heavy atom. The highest BCUT2D eigenvalue weighted by Crippen LogP contribution is 2.09. The molecule has 0 spiro atoms. The van der Waals surface area contributed by atoms with Crippen molar-refractivity contribution in [3.8, 4) is 0 Å². The second-order valence-electron chi connectivity index (χ2n) is 2.28. The topological polar surface area (TPSA) is 43.1 Å². The lowest BCUT2D eigenvalue weighted by Crippen LogP contribution is -2.19. The number of hydrogen-bond donors (Lipinski definition) is 1. The quantitative estimate of drug-likeness (QED) is 0.411. The summed E-state index contributed by atoms with van der Waals surface area (Å²) in [4.78, 5) is 10.1. The Morgan fingerprint density at radius 3 is 2.12 bits per heavy atom. The van der Waals surface area contributed by atoms with E-state index in [2.05, 4.69) is 0 Å². The van der Waals surface area contributed by atoms with Crippen LogP contribution in [-0.2, 0) is 4.79 Å². The van der Waals surface area contributed by atoms with E-state index in [0.717, 1.165) is 6.29 Å². The number of hydrogen-bond acceptors (Lipinski definition) is 2. The van der Waals surface area contributed by atoms with Gasteiger partial charge in [-0.1, -0.05) is 13.8 Å². The first-order valence-corrected chi connectivity index (χ1v) is 2.87. The van der Waals surface area contributed by atoms with Crippen LogP contribution in [0.5, 0.6) is 0 Å². The summed E-state index contributed by atoms with van der Waals surface area (Å²) in [5, 5.41) is 0. The summed E-state index contributed by atoms with van der Waals surface area (Å²) in [6.07, 6.45) is 0.921. The lowest BCUT2D eigenvalue weighted by Gasteiger charge is -2.07. The van der Waals surface area contributed by atoms with Crippen molar-refractivity contribution in [3.05, 3.63) is 0 Å². The van der Waals surface area contributed by atoms with Gasteiger partial charge in [0.2, 0.25) is 7.41 Å². The number of carbonyl (C=O) groups excluding carboxylic acids is 1. The van der Waals surface area contributed by atoms with Crippen LogP contribution in [-0.4, -0.2) is 13.7 Å². The summed E-state index contributed by atoms with van der Waals surface area (Å²) >= 11 is 0. The van der Waals surface area contributed by atoms with Gasteiger partial charge in [-0.05, 0) is 5.92 Å². The first-order valence-electron chi connectivity index (χ1n) is 2.87. The van der Waals surface area contributed by atoms with Crippen molar-refractivity contribution in [1.29, 1.82) is 0 Å². The Hall–Kier alpha value is -0.305. The van der Waals surface area contributed by atoms with Crippen LogP contribution in [0.2, 0.25) is 5.82 Å². The third-order valence-corrected chi connectivity index (χ3v) is 1.30. The fourth-order valence-corrected chi connectivity index (χ4v) is 0.485. The van der Waals surface area contributed by atoms with Crippen molar-refractivity contribution in [2.24, 2.45) is 11.6 Å². The minimum absolute atomic E-state index is 0.0509. The van der Waals surface area contributed by atoms with Gasteiger partial charge in [-0.3, -0.25) is 0 Å². The largest absolute Gasteiger partial charge is 0.372 e. The lowest BCUT2D eigenvalue weighted by atomic mass is 9.71. The van der Waals surface area contributed by atoms with E-state index >= 15 is 0 Å². The minimum atomic E-state index is 0.0509. The van der Waals surface area contributed by atoms with Crippen LogP contribution in [0.15, 0.2) is 0 Å². The molecule has 0 bridgehead atoms. The van der Waals surface area contributed by atoms with Crippen LogP contribution in [0.3, 0.4) is 0 Å². The van der Waals surface area contributed by atoms with Gasteiger partial charge in [0.05, 0.1) is 0 Å². The smallest absolute Gasteiger partial charge is 0.209 e. The molecule has 0 radical (unpaired) electrons. The van der Waals surface area contributed by atoms with Gasteiger partial charge >= 0.3 is 0 Å². The van der Waals surface area contributed by atoms with E-state index in [1.807, 2.05) is 13.8 Å². The van der Waals surface area contributed by atoms with Crippen molar-refractivity contribution in [2.75, 3.05) is 0 Å². The normalized spacial score (nSPS) is 13.5. The first-order chi connectivity index (χ1) is 3.72. The molecule has 0 aromatic heterocycles. The zero-order valence-corrected chi connectivity index (χ0v) is 5.42. The highest BCUT2D eigenvalue weighted by molar-refractivity contribution is 6.38. The Morgan fingerprint density at radius 2 is 2.12 bits per heavy atom. The molecule has 3 heteroatoms. The summed E-state index contributed by atoms with van der Waals surface area (Å²) < 4.78 is 0. The molecule has 0 saturated carbocycles. The zero-order chi connectivity index (χ0) is 6.57. The van der Waals surface area contributed by atoms with Crippen LogP contribution in [0.4, 0.5) is 0 Å². The van der Waals surface area contributed by atoms with E-state index < -0.39 is 0 Å². The third kappa shape index (κ3) is 2.12. The van der Waals surface area contributed by atoms with Gasteiger partial charge < -0.3 is 10.4 Å². The van der Waals surface area contributed by atoms with Crippen molar-refractivity contribution < 1.29 is 4.79 Å². The molecule has 0 aromatic carbocycles. The number of carbonyl (C=O) groups is 1. The predicted molar refractivity (Wildman–Crippen MR) is 36.0 cm³/mol. The van der Waals surface area contributed by atoms with Gasteiger partial charge in [-0.25, -0.2) is 0 Å². The second kappa shape index (κ2) is 3.67. The Kier molecular flexibility index (Phi) is 3.53. The Bertz CT molecular complexity index is 74.8. The molecule has 2 N–H and O–H groups in total. The summed E-state index contributed by atoms with van der Waals surface area (Å²) in [7, 11) is 0.473. The number of rotatable bonds is 3. The Balaban J connectivity index is 3.51. The van der Waals surface area contributed by atoms with Crippen LogP contribution in [0.25, 0.3) is 0 Å². The van der Waals surface area contributed by atoms with Crippen LogP contribution in [0.1, 0.15) is 13.8 Å². The number of nitrogens with two attached hydrogens (primary N) is 1. The maximum absolute atomic E-state index is 10.1. The maximum Gasteiger partial charge on any atom is 0.209 e.